The molecular formula is C8H13N5O2. The fourth-order valence-corrected chi connectivity index (χ4v) is 1.49. The van der Waals surface area contributed by atoms with Crippen LogP contribution >= 0.6 is 0 Å². The van der Waals surface area contributed by atoms with E-state index in [9.17, 15) is 4.79 Å². The van der Waals surface area contributed by atoms with Crippen LogP contribution in [0.4, 0.5) is 0 Å². The molecule has 0 spiro atoms. The molecule has 1 aliphatic rings. The van der Waals surface area contributed by atoms with E-state index in [1.165, 1.54) is 11.0 Å². The van der Waals surface area contributed by atoms with E-state index < -0.39 is 0 Å². The first-order valence-corrected chi connectivity index (χ1v) is 4.92. The van der Waals surface area contributed by atoms with Gasteiger partial charge < -0.3 is 10.0 Å². The highest BCUT2D eigenvalue weighted by Gasteiger charge is 2.32. The normalized spacial score (nSPS) is 15.3. The molecule has 0 unspecified atom stereocenters. The molecule has 1 heterocycles. The van der Waals surface area contributed by atoms with E-state index in [1.54, 1.807) is 4.90 Å². The summed E-state index contributed by atoms with van der Waals surface area (Å²) in [5.74, 6) is -0.0427. The van der Waals surface area contributed by atoms with Crippen molar-refractivity contribution in [2.45, 2.75) is 25.4 Å². The lowest BCUT2D eigenvalue weighted by molar-refractivity contribution is -0.133. The van der Waals surface area contributed by atoms with Crippen molar-refractivity contribution in [3.05, 3.63) is 6.33 Å². The van der Waals surface area contributed by atoms with E-state index in [4.69, 9.17) is 5.11 Å². The van der Waals surface area contributed by atoms with Gasteiger partial charge in [0, 0.05) is 12.6 Å². The number of rotatable bonds is 5. The van der Waals surface area contributed by atoms with Crippen molar-refractivity contribution >= 4 is 5.91 Å². The van der Waals surface area contributed by atoms with Gasteiger partial charge in [-0.25, -0.2) is 4.68 Å². The van der Waals surface area contributed by atoms with E-state index in [-0.39, 0.29) is 19.1 Å². The van der Waals surface area contributed by atoms with Crippen molar-refractivity contribution in [1.29, 1.82) is 0 Å². The summed E-state index contributed by atoms with van der Waals surface area (Å²) in [6.07, 6.45) is 3.46. The van der Waals surface area contributed by atoms with Gasteiger partial charge in [0.15, 0.2) is 0 Å². The van der Waals surface area contributed by atoms with Gasteiger partial charge in [-0.15, -0.1) is 5.10 Å². The molecule has 1 saturated carbocycles. The van der Waals surface area contributed by atoms with Crippen LogP contribution in [-0.4, -0.2) is 55.3 Å². The zero-order valence-corrected chi connectivity index (χ0v) is 8.28. The lowest BCUT2D eigenvalue weighted by atomic mass is 10.4. The zero-order chi connectivity index (χ0) is 10.7. The predicted octanol–water partition coefficient (Wildman–Crippen LogP) is -1.34. The molecule has 1 aromatic heterocycles. The summed E-state index contributed by atoms with van der Waals surface area (Å²) in [4.78, 5) is 13.5. The molecule has 0 radical (unpaired) electrons. The summed E-state index contributed by atoms with van der Waals surface area (Å²) >= 11 is 0. The average Bonchev–Trinajstić information content (AvgIpc) is 2.93. The molecule has 1 aromatic rings. The van der Waals surface area contributed by atoms with Crippen LogP contribution in [0.2, 0.25) is 0 Å². The number of nitrogens with zero attached hydrogens (tertiary/aromatic N) is 5. The van der Waals surface area contributed by atoms with Crippen molar-refractivity contribution in [2.75, 3.05) is 13.2 Å². The fourth-order valence-electron chi connectivity index (χ4n) is 1.49. The Bertz CT molecular complexity index is 322. The summed E-state index contributed by atoms with van der Waals surface area (Å²) in [6.45, 7) is 0.535. The summed E-state index contributed by atoms with van der Waals surface area (Å²) in [6, 6.07) is 0.307. The summed E-state index contributed by atoms with van der Waals surface area (Å²) in [7, 11) is 0. The highest BCUT2D eigenvalue weighted by Crippen LogP contribution is 2.26. The molecule has 0 aromatic carbocycles. The Hall–Kier alpha value is -1.50. The van der Waals surface area contributed by atoms with Gasteiger partial charge in [0.25, 0.3) is 0 Å². The Balaban J connectivity index is 1.92. The van der Waals surface area contributed by atoms with Crippen LogP contribution in [0.3, 0.4) is 0 Å². The van der Waals surface area contributed by atoms with Gasteiger partial charge in [0.05, 0.1) is 6.61 Å². The first kappa shape index (κ1) is 10.0. The number of aliphatic hydroxyl groups is 1. The van der Waals surface area contributed by atoms with Gasteiger partial charge in [-0.05, 0) is 23.3 Å². The van der Waals surface area contributed by atoms with Crippen molar-refractivity contribution in [2.24, 2.45) is 0 Å². The summed E-state index contributed by atoms with van der Waals surface area (Å²) < 4.78 is 1.38. The maximum atomic E-state index is 11.8. The summed E-state index contributed by atoms with van der Waals surface area (Å²) in [5.41, 5.74) is 0. The Kier molecular flexibility index (Phi) is 2.91. The zero-order valence-electron chi connectivity index (χ0n) is 8.28. The van der Waals surface area contributed by atoms with Gasteiger partial charge in [-0.3, -0.25) is 4.79 Å². The minimum atomic E-state index is -0.0427. The van der Waals surface area contributed by atoms with Crippen LogP contribution in [0.1, 0.15) is 12.8 Å². The molecule has 0 bridgehead atoms. The molecule has 1 fully saturated rings. The standard InChI is InChI=1S/C8H13N5O2/c14-4-3-13(7-1-2-7)8(15)5-12-6-9-10-11-12/h6-7,14H,1-5H2. The molecule has 7 heteroatoms. The van der Waals surface area contributed by atoms with Crippen molar-refractivity contribution in [1.82, 2.24) is 25.1 Å². The minimum absolute atomic E-state index is 0.00214. The molecule has 0 atom stereocenters. The number of aliphatic hydroxyl groups excluding tert-OH is 1. The number of tetrazole rings is 1. The van der Waals surface area contributed by atoms with E-state index in [2.05, 4.69) is 15.5 Å². The van der Waals surface area contributed by atoms with E-state index in [0.717, 1.165) is 12.8 Å². The third-order valence-corrected chi connectivity index (χ3v) is 2.34. The number of carbonyl (C=O) groups excluding carboxylic acids is 1. The molecule has 1 N–H and O–H groups in total. The molecule has 0 aliphatic heterocycles. The molecule has 0 saturated heterocycles. The SMILES string of the molecule is O=C(Cn1cnnn1)N(CCO)C1CC1. The quantitative estimate of drug-likeness (QED) is 0.651. The van der Waals surface area contributed by atoms with Crippen molar-refractivity contribution in [3.63, 3.8) is 0 Å². The van der Waals surface area contributed by atoms with Crippen LogP contribution in [0.25, 0.3) is 0 Å². The predicted molar refractivity (Wildman–Crippen MR) is 49.6 cm³/mol. The van der Waals surface area contributed by atoms with E-state index in [0.29, 0.717) is 12.6 Å². The van der Waals surface area contributed by atoms with E-state index in [1.807, 2.05) is 0 Å². The number of carbonyl (C=O) groups is 1. The summed E-state index contributed by atoms with van der Waals surface area (Å²) in [5, 5.41) is 19.4. The number of aromatic nitrogens is 4. The van der Waals surface area contributed by atoms with Crippen molar-refractivity contribution in [3.8, 4) is 0 Å². The van der Waals surface area contributed by atoms with E-state index >= 15 is 0 Å². The molecule has 2 rings (SSSR count). The van der Waals surface area contributed by atoms with Gasteiger partial charge >= 0.3 is 0 Å². The van der Waals surface area contributed by atoms with Crippen LogP contribution in [-0.2, 0) is 11.3 Å². The maximum absolute atomic E-state index is 11.8. The second kappa shape index (κ2) is 4.35. The largest absolute Gasteiger partial charge is 0.395 e. The highest BCUT2D eigenvalue weighted by molar-refractivity contribution is 5.76. The third kappa shape index (κ3) is 2.50. The van der Waals surface area contributed by atoms with Crippen LogP contribution in [0.5, 0.6) is 0 Å². The smallest absolute Gasteiger partial charge is 0.244 e. The first-order chi connectivity index (χ1) is 7.31. The van der Waals surface area contributed by atoms with Gasteiger partial charge in [-0.1, -0.05) is 0 Å². The fraction of sp³-hybridized carbons (Fsp3) is 0.750. The Morgan fingerprint density at radius 1 is 1.60 bits per heavy atom. The second-order valence-corrected chi connectivity index (χ2v) is 3.55. The highest BCUT2D eigenvalue weighted by atomic mass is 16.3. The minimum Gasteiger partial charge on any atom is -0.395 e. The Morgan fingerprint density at radius 2 is 2.40 bits per heavy atom. The average molecular weight is 211 g/mol. The maximum Gasteiger partial charge on any atom is 0.244 e. The molecule has 1 amide bonds. The van der Waals surface area contributed by atoms with Crippen LogP contribution in [0, 0.1) is 0 Å². The number of hydrogen-bond acceptors (Lipinski definition) is 5. The molecule has 7 nitrogen and oxygen atoms in total. The lowest BCUT2D eigenvalue weighted by Gasteiger charge is -2.20. The molecule has 15 heavy (non-hydrogen) atoms. The monoisotopic (exact) mass is 211 g/mol. The molecule has 82 valence electrons. The Labute approximate surface area is 86.7 Å². The second-order valence-electron chi connectivity index (χ2n) is 3.55. The number of hydrogen-bond donors (Lipinski definition) is 1. The van der Waals surface area contributed by atoms with Crippen molar-refractivity contribution < 1.29 is 9.90 Å². The third-order valence-electron chi connectivity index (χ3n) is 2.34. The van der Waals surface area contributed by atoms with Gasteiger partial charge in [0.1, 0.15) is 12.9 Å². The number of amides is 1. The first-order valence-electron chi connectivity index (χ1n) is 4.92. The van der Waals surface area contributed by atoms with Crippen LogP contribution in [0.15, 0.2) is 6.33 Å². The molecule has 1 aliphatic carbocycles. The van der Waals surface area contributed by atoms with Gasteiger partial charge in [-0.2, -0.15) is 0 Å². The topological polar surface area (TPSA) is 84.1 Å². The van der Waals surface area contributed by atoms with Crippen LogP contribution < -0.4 is 0 Å². The molecular weight excluding hydrogens is 198 g/mol. The van der Waals surface area contributed by atoms with Gasteiger partial charge in [0.2, 0.25) is 5.91 Å². The lowest BCUT2D eigenvalue weighted by Crippen LogP contribution is -2.37. The Morgan fingerprint density at radius 3 is 2.93 bits per heavy atom.